The third kappa shape index (κ3) is 2.74. The van der Waals surface area contributed by atoms with E-state index in [9.17, 15) is 9.90 Å². The van der Waals surface area contributed by atoms with E-state index in [4.69, 9.17) is 4.74 Å². The quantitative estimate of drug-likeness (QED) is 0.753. The molecule has 94 valence electrons. The molecule has 0 aromatic rings. The summed E-state index contributed by atoms with van der Waals surface area (Å²) in [7, 11) is 3.52. The maximum absolute atomic E-state index is 11.5. The molecule has 0 heterocycles. The Morgan fingerprint density at radius 1 is 1.44 bits per heavy atom. The number of likely N-dealkylation sites (N-methyl/N-ethyl adjacent to an activating group) is 1. The Balaban J connectivity index is 2.83. The van der Waals surface area contributed by atoms with Crippen LogP contribution >= 0.6 is 0 Å². The molecular formula is C12H23NO3. The minimum Gasteiger partial charge on any atom is -0.480 e. The highest BCUT2D eigenvalue weighted by Crippen LogP contribution is 2.36. The average Bonchev–Trinajstić information content (AvgIpc) is 2.98. The zero-order valence-corrected chi connectivity index (χ0v) is 10.9. The van der Waals surface area contributed by atoms with Gasteiger partial charge in [0.05, 0.1) is 5.60 Å². The summed E-state index contributed by atoms with van der Waals surface area (Å²) < 4.78 is 5.34. The van der Waals surface area contributed by atoms with Crippen molar-refractivity contribution in [2.45, 2.75) is 57.2 Å². The largest absolute Gasteiger partial charge is 0.480 e. The average molecular weight is 229 g/mol. The number of carboxylic acid groups (broad SMARTS) is 1. The summed E-state index contributed by atoms with van der Waals surface area (Å²) in [6.07, 6.45) is 2.69. The molecule has 0 aromatic heterocycles. The minimum absolute atomic E-state index is 0.420. The second-order valence-corrected chi connectivity index (χ2v) is 5.56. The van der Waals surface area contributed by atoms with Crippen LogP contribution in [0.3, 0.4) is 0 Å². The van der Waals surface area contributed by atoms with E-state index in [1.165, 1.54) is 0 Å². The van der Waals surface area contributed by atoms with Gasteiger partial charge in [-0.1, -0.05) is 0 Å². The molecule has 0 bridgehead atoms. The first-order valence-electron chi connectivity index (χ1n) is 5.74. The predicted octanol–water partition coefficient (Wildman–Crippen LogP) is 1.74. The molecule has 1 saturated carbocycles. The minimum atomic E-state index is -0.847. The lowest BCUT2D eigenvalue weighted by Gasteiger charge is -2.40. The van der Waals surface area contributed by atoms with Crippen LogP contribution in [0.15, 0.2) is 0 Å². The maximum Gasteiger partial charge on any atom is 0.323 e. The monoisotopic (exact) mass is 229 g/mol. The van der Waals surface area contributed by atoms with Crippen molar-refractivity contribution in [3.8, 4) is 0 Å². The van der Waals surface area contributed by atoms with Crippen LogP contribution in [0.1, 0.15) is 40.0 Å². The fraction of sp³-hybridized carbons (Fsp3) is 0.917. The van der Waals surface area contributed by atoms with Gasteiger partial charge in [-0.25, -0.2) is 0 Å². The second-order valence-electron chi connectivity index (χ2n) is 5.56. The third-order valence-electron chi connectivity index (χ3n) is 3.66. The van der Waals surface area contributed by atoms with E-state index in [2.05, 4.69) is 0 Å². The Hall–Kier alpha value is -0.610. The number of carboxylic acids is 1. The van der Waals surface area contributed by atoms with Crippen molar-refractivity contribution in [1.29, 1.82) is 0 Å². The van der Waals surface area contributed by atoms with Crippen molar-refractivity contribution in [3.05, 3.63) is 0 Å². The van der Waals surface area contributed by atoms with E-state index in [-0.39, 0.29) is 0 Å². The molecule has 0 aliphatic heterocycles. The van der Waals surface area contributed by atoms with E-state index < -0.39 is 17.1 Å². The molecule has 0 saturated heterocycles. The van der Waals surface area contributed by atoms with E-state index >= 15 is 0 Å². The van der Waals surface area contributed by atoms with Crippen LogP contribution in [0.5, 0.6) is 0 Å². The van der Waals surface area contributed by atoms with Crippen LogP contribution in [0.25, 0.3) is 0 Å². The van der Waals surface area contributed by atoms with Crippen molar-refractivity contribution >= 4 is 5.97 Å². The van der Waals surface area contributed by atoms with Gasteiger partial charge in [0.25, 0.3) is 0 Å². The summed E-state index contributed by atoms with van der Waals surface area (Å²) in [6.45, 7) is 5.64. The van der Waals surface area contributed by atoms with Crippen molar-refractivity contribution in [3.63, 3.8) is 0 Å². The summed E-state index contributed by atoms with van der Waals surface area (Å²) in [5, 5.41) is 9.44. The summed E-state index contributed by atoms with van der Waals surface area (Å²) in [4.78, 5) is 13.5. The van der Waals surface area contributed by atoms with Crippen molar-refractivity contribution in [2.24, 2.45) is 0 Å². The Morgan fingerprint density at radius 3 is 2.25 bits per heavy atom. The van der Waals surface area contributed by atoms with Gasteiger partial charge in [-0.15, -0.1) is 0 Å². The van der Waals surface area contributed by atoms with E-state index in [1.807, 2.05) is 25.8 Å². The number of nitrogens with zero attached hydrogens (tertiary/aromatic N) is 1. The van der Waals surface area contributed by atoms with Gasteiger partial charge in [-0.2, -0.15) is 0 Å². The zero-order valence-electron chi connectivity index (χ0n) is 10.9. The number of hydrogen-bond donors (Lipinski definition) is 1. The molecule has 0 radical (unpaired) electrons. The topological polar surface area (TPSA) is 49.8 Å². The van der Waals surface area contributed by atoms with Crippen LogP contribution in [0.4, 0.5) is 0 Å². The summed E-state index contributed by atoms with van der Waals surface area (Å²) in [5.41, 5.74) is -1.27. The molecule has 4 nitrogen and oxygen atoms in total. The highest BCUT2D eigenvalue weighted by molar-refractivity contribution is 5.78. The summed E-state index contributed by atoms with van der Waals surface area (Å²) >= 11 is 0. The Kier molecular flexibility index (Phi) is 3.65. The number of aliphatic carboxylic acids is 1. The lowest BCUT2D eigenvalue weighted by Crippen LogP contribution is -2.55. The first-order chi connectivity index (χ1) is 7.23. The van der Waals surface area contributed by atoms with Gasteiger partial charge in [0, 0.05) is 19.6 Å². The molecule has 1 aliphatic carbocycles. The number of methoxy groups -OCH3 is 1. The van der Waals surface area contributed by atoms with Gasteiger partial charge in [0.15, 0.2) is 0 Å². The van der Waals surface area contributed by atoms with Gasteiger partial charge in [-0.05, 0) is 40.7 Å². The highest BCUT2D eigenvalue weighted by atomic mass is 16.5. The van der Waals surface area contributed by atoms with Gasteiger partial charge in [0.1, 0.15) is 5.54 Å². The molecule has 1 aliphatic rings. The SMILES string of the molecule is COC(C)(C)CC(C)(C(=O)O)N(C)C1CC1. The van der Waals surface area contributed by atoms with E-state index in [0.29, 0.717) is 12.5 Å². The molecule has 0 aromatic carbocycles. The first-order valence-corrected chi connectivity index (χ1v) is 5.74. The van der Waals surface area contributed by atoms with Gasteiger partial charge >= 0.3 is 5.97 Å². The van der Waals surface area contributed by atoms with Crippen molar-refractivity contribution in [2.75, 3.05) is 14.2 Å². The van der Waals surface area contributed by atoms with Crippen LogP contribution in [0.2, 0.25) is 0 Å². The summed E-state index contributed by atoms with van der Waals surface area (Å²) in [6, 6.07) is 0.425. The third-order valence-corrected chi connectivity index (χ3v) is 3.66. The number of ether oxygens (including phenoxy) is 1. The van der Waals surface area contributed by atoms with E-state index in [0.717, 1.165) is 12.8 Å². The van der Waals surface area contributed by atoms with Crippen LogP contribution < -0.4 is 0 Å². The smallest absolute Gasteiger partial charge is 0.323 e. The molecule has 0 spiro atoms. The molecule has 4 heteroatoms. The predicted molar refractivity (Wildman–Crippen MR) is 62.5 cm³/mol. The number of hydrogen-bond acceptors (Lipinski definition) is 3. The van der Waals surface area contributed by atoms with Gasteiger partial charge in [-0.3, -0.25) is 9.69 Å². The molecule has 1 rings (SSSR count). The summed E-state index contributed by atoms with van der Waals surface area (Å²) in [5.74, 6) is -0.771. The first kappa shape index (κ1) is 13.5. The van der Waals surface area contributed by atoms with Gasteiger partial charge in [0.2, 0.25) is 0 Å². The van der Waals surface area contributed by atoms with Crippen molar-refractivity contribution < 1.29 is 14.6 Å². The van der Waals surface area contributed by atoms with Crippen molar-refractivity contribution in [1.82, 2.24) is 4.90 Å². The second kappa shape index (κ2) is 4.34. The molecule has 1 atom stereocenters. The number of rotatable bonds is 6. The van der Waals surface area contributed by atoms with Crippen LogP contribution in [-0.2, 0) is 9.53 Å². The highest BCUT2D eigenvalue weighted by Gasteiger charge is 2.47. The molecule has 1 N–H and O–H groups in total. The normalized spacial score (nSPS) is 20.9. The fourth-order valence-electron chi connectivity index (χ4n) is 2.12. The fourth-order valence-corrected chi connectivity index (χ4v) is 2.12. The molecule has 1 unspecified atom stereocenters. The molecular weight excluding hydrogens is 206 g/mol. The molecule has 0 amide bonds. The molecule has 1 fully saturated rings. The van der Waals surface area contributed by atoms with Crippen LogP contribution in [-0.4, -0.2) is 47.3 Å². The Bertz CT molecular complexity index is 273. The maximum atomic E-state index is 11.5. The molecule has 16 heavy (non-hydrogen) atoms. The van der Waals surface area contributed by atoms with Crippen LogP contribution in [0, 0.1) is 0 Å². The Labute approximate surface area is 97.6 Å². The lowest BCUT2D eigenvalue weighted by molar-refractivity contribution is -0.155. The standard InChI is InChI=1S/C12H23NO3/c1-11(2,16-5)8-12(3,10(14)15)13(4)9-6-7-9/h9H,6-8H2,1-5H3,(H,14,15). The van der Waals surface area contributed by atoms with E-state index in [1.54, 1.807) is 14.0 Å². The number of carbonyl (C=O) groups is 1. The Morgan fingerprint density at radius 2 is 1.94 bits per heavy atom. The van der Waals surface area contributed by atoms with Gasteiger partial charge < -0.3 is 9.84 Å². The zero-order chi connectivity index (χ0) is 12.6. The lowest BCUT2D eigenvalue weighted by atomic mass is 9.86.